The van der Waals surface area contributed by atoms with Gasteiger partial charge < -0.3 is 4.90 Å². The number of amides is 1. The minimum absolute atomic E-state index is 0. The fourth-order valence-corrected chi connectivity index (χ4v) is 1.09. The molecular formula is C7H24N2O2S6. The Kier molecular flexibility index (Phi) is 36.6. The van der Waals surface area contributed by atoms with E-state index in [4.69, 9.17) is 0 Å². The van der Waals surface area contributed by atoms with Crippen LogP contribution in [-0.4, -0.2) is 35.8 Å². The van der Waals surface area contributed by atoms with Gasteiger partial charge in [0.2, 0.25) is 5.91 Å². The van der Waals surface area contributed by atoms with E-state index in [-0.39, 0.29) is 105 Å². The Bertz CT molecular complexity index is 207. The summed E-state index contributed by atoms with van der Waals surface area (Å²) < 4.78 is 0. The van der Waals surface area contributed by atoms with Gasteiger partial charge in [-0.25, -0.2) is 0 Å². The van der Waals surface area contributed by atoms with Gasteiger partial charge in [-0.3, -0.25) is 14.9 Å². The molecule has 17 heavy (non-hydrogen) atoms. The van der Waals surface area contributed by atoms with Gasteiger partial charge >= 0.3 is 0 Å². The van der Waals surface area contributed by atoms with Crippen LogP contribution in [0.1, 0.15) is 13.8 Å². The first-order valence-electron chi connectivity index (χ1n) is 3.63. The molecule has 1 fully saturated rings. The lowest BCUT2D eigenvalue weighted by atomic mass is 10.3. The summed E-state index contributed by atoms with van der Waals surface area (Å²) in [5.74, 6) is 0.0365. The number of nitrogens with zero attached hydrogens (tertiary/aromatic N) is 1. The van der Waals surface area contributed by atoms with Crippen molar-refractivity contribution >= 4 is 92.7 Å². The van der Waals surface area contributed by atoms with Crippen LogP contribution in [0.25, 0.3) is 0 Å². The minimum atomic E-state index is -0.130. The second-order valence-electron chi connectivity index (χ2n) is 2.82. The highest BCUT2D eigenvalue weighted by molar-refractivity contribution is 7.60. The molecule has 1 rings (SSSR count). The molecule has 0 bridgehead atoms. The zero-order valence-corrected chi connectivity index (χ0v) is 15.8. The maximum Gasteiger partial charge on any atom is 0.240 e. The Morgan fingerprint density at radius 2 is 1.65 bits per heavy atom. The zero-order chi connectivity index (χ0) is 8.43. The van der Waals surface area contributed by atoms with Gasteiger partial charge in [0.05, 0.1) is 19.3 Å². The first-order chi connectivity index (χ1) is 5.11. The van der Waals surface area contributed by atoms with E-state index in [0.29, 0.717) is 6.67 Å². The molecule has 1 atom stereocenters. The van der Waals surface area contributed by atoms with Gasteiger partial charge in [-0.15, -0.1) is 0 Å². The van der Waals surface area contributed by atoms with Gasteiger partial charge in [0.25, 0.3) is 0 Å². The van der Waals surface area contributed by atoms with Crippen molar-refractivity contribution in [2.45, 2.75) is 19.9 Å². The molecule has 1 N–H and O–H groups in total. The summed E-state index contributed by atoms with van der Waals surface area (Å²) in [5, 5.41) is 2.95. The van der Waals surface area contributed by atoms with Crippen molar-refractivity contribution in [1.82, 2.24) is 10.2 Å². The Hall–Kier alpha value is 1.20. The molecule has 0 aromatic carbocycles. The zero-order valence-electron chi connectivity index (χ0n) is 9.76. The van der Waals surface area contributed by atoms with Crippen LogP contribution < -0.4 is 5.32 Å². The Labute approximate surface area is 145 Å². The molecule has 1 aliphatic heterocycles. The number of carbonyl (C=O) groups is 2. The number of nitrogens with one attached hydrogen (secondary N) is 1. The Morgan fingerprint density at radius 1 is 1.24 bits per heavy atom. The average Bonchev–Trinajstić information content (AvgIpc) is 2.18. The van der Waals surface area contributed by atoms with Crippen molar-refractivity contribution in [3.05, 3.63) is 0 Å². The minimum Gasteiger partial charge on any atom is -0.321 e. The Morgan fingerprint density at radius 3 is 1.88 bits per heavy atom. The molecule has 0 spiro atoms. The predicted molar refractivity (Wildman–Crippen MR) is 102 cm³/mol. The smallest absolute Gasteiger partial charge is 0.240 e. The second kappa shape index (κ2) is 17.2. The van der Waals surface area contributed by atoms with E-state index in [1.54, 1.807) is 6.92 Å². The molecule has 0 aliphatic carbocycles. The summed E-state index contributed by atoms with van der Waals surface area (Å²) in [6.07, 6.45) is 0. The number of carbonyl (C=O) groups excluding carboxylic acids is 2. The van der Waals surface area contributed by atoms with Gasteiger partial charge in [-0.05, 0) is 13.8 Å². The largest absolute Gasteiger partial charge is 0.321 e. The molecular weight excluding hydrogens is 336 g/mol. The predicted octanol–water partition coefficient (Wildman–Crippen LogP) is 0.0300. The highest BCUT2D eigenvalue weighted by Crippen LogP contribution is 2.01. The number of Topliss-reactive ketones (excluding diaryl/α,β-unsaturated/α-hetero) is 1. The molecule has 1 amide bonds. The fourth-order valence-electron chi connectivity index (χ4n) is 1.09. The molecule has 1 unspecified atom stereocenters. The maximum atomic E-state index is 11.2. The van der Waals surface area contributed by atoms with Crippen LogP contribution in [-0.2, 0) is 9.59 Å². The number of hydrogen-bond acceptors (Lipinski definition) is 3. The second-order valence-corrected chi connectivity index (χ2v) is 2.82. The van der Waals surface area contributed by atoms with Crippen LogP contribution in [0.4, 0.5) is 0 Å². The molecule has 0 radical (unpaired) electrons. The summed E-state index contributed by atoms with van der Waals surface area (Å²) in [6.45, 7) is 4.01. The van der Waals surface area contributed by atoms with E-state index in [2.05, 4.69) is 5.32 Å². The normalized spacial score (nSPS) is 15.8. The number of rotatable bonds is 2. The summed E-state index contributed by atoms with van der Waals surface area (Å²) in [6, 6.07) is -0.130. The van der Waals surface area contributed by atoms with E-state index >= 15 is 0 Å². The maximum absolute atomic E-state index is 11.2. The summed E-state index contributed by atoms with van der Waals surface area (Å²) in [4.78, 5) is 23.3. The van der Waals surface area contributed by atoms with Gasteiger partial charge in [-0.2, -0.15) is 81.0 Å². The van der Waals surface area contributed by atoms with Crippen LogP contribution in [0.2, 0.25) is 0 Å². The van der Waals surface area contributed by atoms with Crippen molar-refractivity contribution in [3.8, 4) is 0 Å². The lowest BCUT2D eigenvalue weighted by Crippen LogP contribution is -2.32. The molecule has 0 saturated carbocycles. The third kappa shape index (κ3) is 12.0. The molecule has 1 aliphatic rings. The lowest BCUT2D eigenvalue weighted by molar-refractivity contribution is -0.132. The van der Waals surface area contributed by atoms with E-state index in [0.717, 1.165) is 0 Å². The van der Waals surface area contributed by atoms with Crippen molar-refractivity contribution in [1.29, 1.82) is 0 Å². The lowest BCUT2D eigenvalue weighted by Gasteiger charge is -2.11. The van der Waals surface area contributed by atoms with Gasteiger partial charge in [0, 0.05) is 0 Å². The molecule has 110 valence electrons. The quantitative estimate of drug-likeness (QED) is 0.756. The van der Waals surface area contributed by atoms with Crippen LogP contribution >= 0.6 is 81.0 Å². The van der Waals surface area contributed by atoms with Gasteiger partial charge in [0.15, 0.2) is 0 Å². The van der Waals surface area contributed by atoms with Gasteiger partial charge in [-0.1, -0.05) is 0 Å². The topological polar surface area (TPSA) is 49.4 Å². The summed E-state index contributed by atoms with van der Waals surface area (Å²) >= 11 is 0. The molecule has 0 aromatic heterocycles. The monoisotopic (exact) mass is 360 g/mol. The van der Waals surface area contributed by atoms with E-state index < -0.39 is 0 Å². The average molecular weight is 361 g/mol. The summed E-state index contributed by atoms with van der Waals surface area (Å²) in [5.41, 5.74) is 0. The molecule has 1 saturated heterocycles. The molecule has 10 heteroatoms. The standard InChI is InChI=1S/C7H12N2O2.6H2S/c1-5(10)3-9-4-8-6(2)7(9)11;;;;;;/h6,8H,3-4H2,1-2H3;6*1H2. The highest BCUT2D eigenvalue weighted by atomic mass is 32.1. The van der Waals surface area contributed by atoms with Crippen molar-refractivity contribution in [2.75, 3.05) is 13.2 Å². The van der Waals surface area contributed by atoms with Crippen LogP contribution in [0.15, 0.2) is 0 Å². The Balaban J connectivity index is -0.0000000504. The number of hydrogen-bond donors (Lipinski definition) is 1. The van der Waals surface area contributed by atoms with Gasteiger partial charge in [0.1, 0.15) is 5.78 Å². The van der Waals surface area contributed by atoms with Crippen molar-refractivity contribution in [3.63, 3.8) is 0 Å². The first kappa shape index (κ1) is 36.2. The van der Waals surface area contributed by atoms with Crippen LogP contribution in [0.3, 0.4) is 0 Å². The SMILES string of the molecule is CC(=O)CN1CNC(C)C1=O.S.S.S.S.S.S. The third-order valence-electron chi connectivity index (χ3n) is 1.68. The number of ketones is 1. The molecule has 1 heterocycles. The van der Waals surface area contributed by atoms with Crippen molar-refractivity contribution < 1.29 is 9.59 Å². The van der Waals surface area contributed by atoms with Crippen LogP contribution in [0.5, 0.6) is 0 Å². The van der Waals surface area contributed by atoms with E-state index in [1.165, 1.54) is 11.8 Å². The summed E-state index contributed by atoms with van der Waals surface area (Å²) in [7, 11) is 0. The molecule has 0 aromatic rings. The fraction of sp³-hybridized carbons (Fsp3) is 0.714. The van der Waals surface area contributed by atoms with Crippen LogP contribution in [0, 0.1) is 0 Å². The molecule has 4 nitrogen and oxygen atoms in total. The van der Waals surface area contributed by atoms with E-state index in [9.17, 15) is 9.59 Å². The highest BCUT2D eigenvalue weighted by Gasteiger charge is 2.27. The first-order valence-corrected chi connectivity index (χ1v) is 3.63. The third-order valence-corrected chi connectivity index (χ3v) is 1.68. The van der Waals surface area contributed by atoms with Crippen molar-refractivity contribution in [2.24, 2.45) is 0 Å². The van der Waals surface area contributed by atoms with E-state index in [1.807, 2.05) is 0 Å².